The van der Waals surface area contributed by atoms with Crippen molar-refractivity contribution in [2.75, 3.05) is 31.6 Å². The molecule has 0 aliphatic carbocycles. The molecule has 8 heteroatoms. The number of nitrogens with one attached hydrogen (secondary N) is 1. The first kappa shape index (κ1) is 26.5. The third-order valence-electron chi connectivity index (χ3n) is 6.69. The zero-order valence-electron chi connectivity index (χ0n) is 22.9. The molecule has 1 aliphatic rings. The van der Waals surface area contributed by atoms with Crippen molar-refractivity contribution in [3.05, 3.63) is 77.4 Å². The van der Waals surface area contributed by atoms with E-state index in [0.717, 1.165) is 29.1 Å². The number of pyridine rings is 1. The van der Waals surface area contributed by atoms with E-state index in [1.54, 1.807) is 6.07 Å². The molecule has 3 aromatic heterocycles. The molecule has 4 heterocycles. The van der Waals surface area contributed by atoms with Gasteiger partial charge < -0.3 is 19.0 Å². The van der Waals surface area contributed by atoms with Gasteiger partial charge in [-0.05, 0) is 62.3 Å². The molecule has 1 amide bonds. The summed E-state index contributed by atoms with van der Waals surface area (Å²) < 4.78 is 13.1. The second-order valence-electron chi connectivity index (χ2n) is 11.0. The summed E-state index contributed by atoms with van der Waals surface area (Å²) in [6, 6.07) is 13.5. The fourth-order valence-electron chi connectivity index (χ4n) is 4.50. The van der Waals surface area contributed by atoms with Crippen LogP contribution in [0.1, 0.15) is 62.6 Å². The Hall–Kier alpha value is -4.09. The molecule has 0 radical (unpaired) electrons. The number of rotatable bonds is 7. The van der Waals surface area contributed by atoms with Gasteiger partial charge in [0.05, 0.1) is 12.1 Å². The smallest absolute Gasteiger partial charge is 0.231 e. The van der Waals surface area contributed by atoms with Crippen molar-refractivity contribution in [3.8, 4) is 17.6 Å². The predicted molar refractivity (Wildman–Crippen MR) is 151 cm³/mol. The summed E-state index contributed by atoms with van der Waals surface area (Å²) in [5, 5.41) is 6.72. The fourth-order valence-corrected chi connectivity index (χ4v) is 4.50. The number of anilines is 1. The lowest BCUT2D eigenvalue weighted by atomic mass is 9.93. The number of ether oxygens (including phenoxy) is 1. The van der Waals surface area contributed by atoms with E-state index in [1.807, 2.05) is 74.0 Å². The molecule has 39 heavy (non-hydrogen) atoms. The Balaban J connectivity index is 1.15. The molecule has 4 aromatic rings. The first-order chi connectivity index (χ1) is 18.8. The Morgan fingerprint density at radius 3 is 2.51 bits per heavy atom. The Morgan fingerprint density at radius 2 is 1.77 bits per heavy atom. The van der Waals surface area contributed by atoms with E-state index >= 15 is 0 Å². The highest BCUT2D eigenvalue weighted by Crippen LogP contribution is 2.24. The van der Waals surface area contributed by atoms with Gasteiger partial charge in [0.1, 0.15) is 23.8 Å². The SMILES string of the molecule is CC(C)(C)c1cc(NC(=O)Cc2cn3cc(C#Cc4ccc(OCCN5CCCCC5)cc4)ccc3n2)no1. The fraction of sp³-hybridized carbons (Fsp3) is 0.387. The second kappa shape index (κ2) is 11.7. The topological polar surface area (TPSA) is 84.9 Å². The van der Waals surface area contributed by atoms with Crippen molar-refractivity contribution in [2.24, 2.45) is 0 Å². The summed E-state index contributed by atoms with van der Waals surface area (Å²) >= 11 is 0. The van der Waals surface area contributed by atoms with Crippen molar-refractivity contribution >= 4 is 17.4 Å². The van der Waals surface area contributed by atoms with E-state index in [-0.39, 0.29) is 17.7 Å². The van der Waals surface area contributed by atoms with Crippen LogP contribution in [0.25, 0.3) is 5.65 Å². The number of imidazole rings is 1. The Morgan fingerprint density at radius 1 is 1.03 bits per heavy atom. The molecule has 5 rings (SSSR count). The number of fused-ring (bicyclic) bond motifs is 1. The number of benzene rings is 1. The molecule has 1 aliphatic heterocycles. The zero-order chi connectivity index (χ0) is 27.2. The van der Waals surface area contributed by atoms with Crippen LogP contribution < -0.4 is 10.1 Å². The minimum absolute atomic E-state index is 0.132. The number of hydrogen-bond donors (Lipinski definition) is 1. The maximum absolute atomic E-state index is 12.5. The van der Waals surface area contributed by atoms with Crippen molar-refractivity contribution in [1.82, 2.24) is 19.4 Å². The Kier molecular flexibility index (Phi) is 7.99. The molecule has 0 bridgehead atoms. The van der Waals surface area contributed by atoms with E-state index in [4.69, 9.17) is 9.26 Å². The molecule has 0 unspecified atom stereocenters. The lowest BCUT2D eigenvalue weighted by molar-refractivity contribution is -0.115. The molecule has 1 N–H and O–H groups in total. The van der Waals surface area contributed by atoms with Crippen LogP contribution in [-0.2, 0) is 16.6 Å². The monoisotopic (exact) mass is 525 g/mol. The average Bonchev–Trinajstić information content (AvgIpc) is 3.55. The predicted octanol–water partition coefficient (Wildman–Crippen LogP) is 5.07. The minimum atomic E-state index is -0.203. The van der Waals surface area contributed by atoms with E-state index in [9.17, 15) is 4.79 Å². The quantitative estimate of drug-likeness (QED) is 0.339. The Labute approximate surface area is 229 Å². The van der Waals surface area contributed by atoms with Gasteiger partial charge in [0.15, 0.2) is 5.82 Å². The van der Waals surface area contributed by atoms with Crippen LogP contribution in [0.5, 0.6) is 5.75 Å². The van der Waals surface area contributed by atoms with Gasteiger partial charge in [0.25, 0.3) is 0 Å². The lowest BCUT2D eigenvalue weighted by Gasteiger charge is -2.26. The van der Waals surface area contributed by atoms with Gasteiger partial charge in [-0.1, -0.05) is 44.2 Å². The normalized spacial score (nSPS) is 14.1. The van der Waals surface area contributed by atoms with Gasteiger partial charge in [-0.2, -0.15) is 0 Å². The molecular weight excluding hydrogens is 490 g/mol. The molecular formula is C31H35N5O3. The van der Waals surface area contributed by atoms with Crippen molar-refractivity contribution in [1.29, 1.82) is 0 Å². The summed E-state index contributed by atoms with van der Waals surface area (Å²) in [7, 11) is 0. The van der Waals surface area contributed by atoms with Crippen LogP contribution in [0.2, 0.25) is 0 Å². The number of hydrogen-bond acceptors (Lipinski definition) is 6. The molecule has 202 valence electrons. The number of amides is 1. The maximum Gasteiger partial charge on any atom is 0.231 e. The summed E-state index contributed by atoms with van der Waals surface area (Å²) in [6.45, 7) is 10.1. The Bertz CT molecular complexity index is 1480. The number of aromatic nitrogens is 3. The third-order valence-corrected chi connectivity index (χ3v) is 6.69. The highest BCUT2D eigenvalue weighted by atomic mass is 16.5. The average molecular weight is 526 g/mol. The molecule has 0 atom stereocenters. The molecule has 1 saturated heterocycles. The number of likely N-dealkylation sites (tertiary alicyclic amines) is 1. The highest BCUT2D eigenvalue weighted by molar-refractivity contribution is 5.91. The van der Waals surface area contributed by atoms with E-state index < -0.39 is 0 Å². The second-order valence-corrected chi connectivity index (χ2v) is 11.0. The standard InChI is InChI=1S/C31H35N5O3/c1-31(2,3)27-20-28(34-39-27)33-30(37)19-25-22-36-21-24(11-14-29(36)32-25)8-7-23-9-12-26(13-10-23)38-18-17-35-15-5-4-6-16-35/h9-14,20-22H,4-6,15-19H2,1-3H3,(H,33,34,37). The van der Waals surface area contributed by atoms with Gasteiger partial charge in [0, 0.05) is 41.5 Å². The van der Waals surface area contributed by atoms with Crippen LogP contribution in [-0.4, -0.2) is 51.6 Å². The van der Waals surface area contributed by atoms with Crippen molar-refractivity contribution in [2.45, 2.75) is 51.9 Å². The van der Waals surface area contributed by atoms with Gasteiger partial charge >= 0.3 is 0 Å². The van der Waals surface area contributed by atoms with Crippen LogP contribution >= 0.6 is 0 Å². The van der Waals surface area contributed by atoms with E-state index in [2.05, 4.69) is 32.2 Å². The zero-order valence-corrected chi connectivity index (χ0v) is 22.9. The maximum atomic E-state index is 12.5. The van der Waals surface area contributed by atoms with E-state index in [0.29, 0.717) is 23.9 Å². The van der Waals surface area contributed by atoms with Crippen molar-refractivity contribution in [3.63, 3.8) is 0 Å². The summed E-state index contributed by atoms with van der Waals surface area (Å²) in [5.41, 5.74) is 3.01. The summed E-state index contributed by atoms with van der Waals surface area (Å²) in [6.07, 6.45) is 7.83. The van der Waals surface area contributed by atoms with E-state index in [1.165, 1.54) is 32.4 Å². The number of nitrogens with zero attached hydrogens (tertiary/aromatic N) is 4. The molecule has 0 spiro atoms. The molecule has 8 nitrogen and oxygen atoms in total. The van der Waals surface area contributed by atoms with Crippen molar-refractivity contribution < 1.29 is 14.1 Å². The first-order valence-electron chi connectivity index (χ1n) is 13.5. The molecule has 1 aromatic carbocycles. The third kappa shape index (κ3) is 7.27. The molecule has 1 fully saturated rings. The number of piperidine rings is 1. The first-order valence-corrected chi connectivity index (χ1v) is 13.5. The van der Waals surface area contributed by atoms with Gasteiger partial charge in [-0.3, -0.25) is 9.69 Å². The number of carbonyl (C=O) groups is 1. The van der Waals surface area contributed by atoms with Crippen LogP contribution in [0.3, 0.4) is 0 Å². The lowest BCUT2D eigenvalue weighted by Crippen LogP contribution is -2.33. The van der Waals surface area contributed by atoms with Gasteiger partial charge in [-0.15, -0.1) is 0 Å². The van der Waals surface area contributed by atoms with Gasteiger partial charge in [-0.25, -0.2) is 4.98 Å². The van der Waals surface area contributed by atoms with Gasteiger partial charge in [0.2, 0.25) is 5.91 Å². The van der Waals surface area contributed by atoms with Crippen LogP contribution in [0.4, 0.5) is 5.82 Å². The number of carbonyl (C=O) groups excluding carboxylic acids is 1. The summed E-state index contributed by atoms with van der Waals surface area (Å²) in [5.74, 6) is 8.21. The largest absolute Gasteiger partial charge is 0.492 e. The summed E-state index contributed by atoms with van der Waals surface area (Å²) in [4.78, 5) is 19.5. The van der Waals surface area contributed by atoms with Crippen LogP contribution in [0.15, 0.2) is 59.4 Å². The molecule has 0 saturated carbocycles. The van der Waals surface area contributed by atoms with Crippen LogP contribution in [0, 0.1) is 11.8 Å². The highest BCUT2D eigenvalue weighted by Gasteiger charge is 2.20. The minimum Gasteiger partial charge on any atom is -0.492 e.